The van der Waals surface area contributed by atoms with Crippen LogP contribution in [-0.2, 0) is 11.3 Å². The molecule has 1 amide bonds. The van der Waals surface area contributed by atoms with Gasteiger partial charge in [0.1, 0.15) is 0 Å². The van der Waals surface area contributed by atoms with Crippen LogP contribution in [0.5, 0.6) is 0 Å². The van der Waals surface area contributed by atoms with E-state index in [2.05, 4.69) is 31.0 Å². The fraction of sp³-hybridized carbons (Fsp3) is 0.174. The predicted molar refractivity (Wildman–Crippen MR) is 122 cm³/mol. The van der Waals surface area contributed by atoms with Crippen LogP contribution >= 0.6 is 23.1 Å². The number of pyridine rings is 1. The second-order valence-corrected chi connectivity index (χ2v) is 8.81. The molecule has 4 rings (SSSR count). The van der Waals surface area contributed by atoms with Crippen LogP contribution in [0.4, 0.5) is 5.13 Å². The summed E-state index contributed by atoms with van der Waals surface area (Å²) in [5, 5.41) is 0.720. The first-order chi connectivity index (χ1) is 14.1. The van der Waals surface area contributed by atoms with E-state index in [4.69, 9.17) is 4.98 Å². The molecule has 0 spiro atoms. The van der Waals surface area contributed by atoms with Gasteiger partial charge in [-0.2, -0.15) is 0 Å². The first kappa shape index (κ1) is 19.6. The highest BCUT2D eigenvalue weighted by Crippen LogP contribution is 2.33. The van der Waals surface area contributed by atoms with E-state index in [9.17, 15) is 4.79 Å². The Labute approximate surface area is 178 Å². The van der Waals surface area contributed by atoms with Crippen molar-refractivity contribution >= 4 is 44.4 Å². The van der Waals surface area contributed by atoms with Crippen molar-refractivity contribution in [3.05, 3.63) is 83.7 Å². The molecule has 0 saturated carbocycles. The Bertz CT molecular complexity index is 1130. The average Bonchev–Trinajstić information content (AvgIpc) is 3.19. The zero-order valence-corrected chi connectivity index (χ0v) is 18.0. The number of nitrogens with zero attached hydrogens (tertiary/aromatic N) is 3. The summed E-state index contributed by atoms with van der Waals surface area (Å²) in [6.45, 7) is 4.57. The van der Waals surface area contributed by atoms with Crippen LogP contribution in [0.15, 0.2) is 71.8 Å². The number of thiazole rings is 1. The van der Waals surface area contributed by atoms with Crippen molar-refractivity contribution in [1.29, 1.82) is 0 Å². The number of carbonyl (C=O) groups excluding carboxylic acids is 1. The molecule has 2 aromatic heterocycles. The van der Waals surface area contributed by atoms with E-state index in [0.717, 1.165) is 31.5 Å². The van der Waals surface area contributed by atoms with Crippen molar-refractivity contribution < 1.29 is 4.79 Å². The lowest BCUT2D eigenvalue weighted by molar-refractivity contribution is -0.116. The molecule has 4 aromatic rings. The Balaban J connectivity index is 1.64. The average molecular weight is 420 g/mol. The van der Waals surface area contributed by atoms with Crippen LogP contribution in [0, 0.1) is 13.8 Å². The van der Waals surface area contributed by atoms with Crippen molar-refractivity contribution in [3.8, 4) is 0 Å². The van der Waals surface area contributed by atoms with Crippen LogP contribution in [0.3, 0.4) is 0 Å². The maximum atomic E-state index is 13.2. The van der Waals surface area contributed by atoms with E-state index in [1.165, 1.54) is 17.3 Å². The number of rotatable bonds is 6. The Morgan fingerprint density at radius 1 is 1.03 bits per heavy atom. The summed E-state index contributed by atoms with van der Waals surface area (Å²) in [6, 6.07) is 19.9. The molecule has 2 heterocycles. The molecule has 0 aliphatic carbocycles. The van der Waals surface area contributed by atoms with Gasteiger partial charge in [-0.15, -0.1) is 11.8 Å². The monoisotopic (exact) mass is 419 g/mol. The number of carbonyl (C=O) groups is 1. The van der Waals surface area contributed by atoms with Crippen LogP contribution in [0.1, 0.15) is 16.8 Å². The molecule has 0 atom stereocenters. The zero-order chi connectivity index (χ0) is 20.2. The SMILES string of the molecule is Cc1ccc2sc(N(Cc3ccccn3)C(=O)CSc3ccccc3)nc2c1C. The minimum Gasteiger partial charge on any atom is -0.281 e. The van der Waals surface area contributed by atoms with Gasteiger partial charge >= 0.3 is 0 Å². The first-order valence-corrected chi connectivity index (χ1v) is 11.2. The molecule has 0 radical (unpaired) electrons. The van der Waals surface area contributed by atoms with E-state index >= 15 is 0 Å². The van der Waals surface area contributed by atoms with Crippen molar-refractivity contribution in [3.63, 3.8) is 0 Å². The summed E-state index contributed by atoms with van der Waals surface area (Å²) in [6.07, 6.45) is 1.75. The van der Waals surface area contributed by atoms with Gasteiger partial charge in [-0.3, -0.25) is 14.7 Å². The van der Waals surface area contributed by atoms with Crippen LogP contribution in [0.2, 0.25) is 0 Å². The summed E-state index contributed by atoms with van der Waals surface area (Å²) in [4.78, 5) is 25.3. The van der Waals surface area contributed by atoms with Gasteiger partial charge in [-0.1, -0.05) is 41.7 Å². The van der Waals surface area contributed by atoms with E-state index in [-0.39, 0.29) is 5.91 Å². The lowest BCUT2D eigenvalue weighted by atomic mass is 10.1. The van der Waals surface area contributed by atoms with Gasteiger partial charge in [0.05, 0.1) is 28.2 Å². The standard InChI is InChI=1S/C23H21N3OS2/c1-16-11-12-20-22(17(16)2)25-23(29-20)26(14-18-8-6-7-13-24-18)21(27)15-28-19-9-4-3-5-10-19/h3-13H,14-15H2,1-2H3. The molecular weight excluding hydrogens is 398 g/mol. The van der Waals surface area contributed by atoms with Crippen molar-refractivity contribution in [2.45, 2.75) is 25.3 Å². The number of aryl methyl sites for hydroxylation is 2. The molecule has 0 unspecified atom stereocenters. The van der Waals surface area contributed by atoms with Crippen molar-refractivity contribution in [2.75, 3.05) is 10.7 Å². The van der Waals surface area contributed by atoms with E-state index in [0.29, 0.717) is 12.3 Å². The maximum Gasteiger partial charge on any atom is 0.239 e. The van der Waals surface area contributed by atoms with Gasteiger partial charge in [0.2, 0.25) is 5.91 Å². The number of hydrogen-bond donors (Lipinski definition) is 0. The number of fused-ring (bicyclic) bond motifs is 1. The zero-order valence-electron chi connectivity index (χ0n) is 16.3. The lowest BCUT2D eigenvalue weighted by Crippen LogP contribution is -2.32. The molecule has 0 aliphatic heterocycles. The van der Waals surface area contributed by atoms with Gasteiger partial charge < -0.3 is 0 Å². The fourth-order valence-corrected chi connectivity index (χ4v) is 4.82. The third kappa shape index (κ3) is 4.49. The fourth-order valence-electron chi connectivity index (χ4n) is 2.99. The van der Waals surface area contributed by atoms with Crippen molar-refractivity contribution in [1.82, 2.24) is 9.97 Å². The Kier molecular flexibility index (Phi) is 5.92. The highest BCUT2D eigenvalue weighted by molar-refractivity contribution is 8.00. The molecule has 146 valence electrons. The summed E-state index contributed by atoms with van der Waals surface area (Å²) in [5.74, 6) is 0.378. The second-order valence-electron chi connectivity index (χ2n) is 6.75. The number of benzene rings is 2. The third-order valence-electron chi connectivity index (χ3n) is 4.76. The van der Waals surface area contributed by atoms with Gasteiger partial charge in [0, 0.05) is 11.1 Å². The maximum absolute atomic E-state index is 13.2. The molecule has 0 bridgehead atoms. The number of anilines is 1. The number of thioether (sulfide) groups is 1. The molecule has 0 saturated heterocycles. The van der Waals surface area contributed by atoms with Crippen LogP contribution in [0.25, 0.3) is 10.2 Å². The Hall–Kier alpha value is -2.70. The number of hydrogen-bond acceptors (Lipinski definition) is 5. The second kappa shape index (κ2) is 8.76. The van der Waals surface area contributed by atoms with Gasteiger partial charge in [0.15, 0.2) is 5.13 Å². The van der Waals surface area contributed by atoms with Gasteiger partial charge in [-0.25, -0.2) is 4.98 Å². The van der Waals surface area contributed by atoms with Gasteiger partial charge in [0.25, 0.3) is 0 Å². The Morgan fingerprint density at radius 2 is 1.83 bits per heavy atom. The molecule has 0 N–H and O–H groups in total. The van der Waals surface area contributed by atoms with Crippen LogP contribution < -0.4 is 4.90 Å². The largest absolute Gasteiger partial charge is 0.281 e. The van der Waals surface area contributed by atoms with E-state index in [1.807, 2.05) is 48.5 Å². The molecule has 29 heavy (non-hydrogen) atoms. The topological polar surface area (TPSA) is 46.1 Å². The highest BCUT2D eigenvalue weighted by atomic mass is 32.2. The lowest BCUT2D eigenvalue weighted by Gasteiger charge is -2.19. The predicted octanol–water partition coefficient (Wildman–Crippen LogP) is 5.63. The molecular formula is C23H21N3OS2. The molecule has 0 aliphatic rings. The van der Waals surface area contributed by atoms with Gasteiger partial charge in [-0.05, 0) is 55.3 Å². The first-order valence-electron chi connectivity index (χ1n) is 9.36. The molecule has 6 heteroatoms. The van der Waals surface area contributed by atoms with Crippen LogP contribution in [-0.4, -0.2) is 21.6 Å². The number of amides is 1. The summed E-state index contributed by atoms with van der Waals surface area (Å²) < 4.78 is 1.10. The smallest absolute Gasteiger partial charge is 0.239 e. The highest BCUT2D eigenvalue weighted by Gasteiger charge is 2.21. The minimum atomic E-state index is 0.0259. The molecule has 2 aromatic carbocycles. The minimum absolute atomic E-state index is 0.0259. The van der Waals surface area contributed by atoms with E-state index < -0.39 is 0 Å². The third-order valence-corrected chi connectivity index (χ3v) is 6.80. The summed E-state index contributed by atoms with van der Waals surface area (Å²) in [5.41, 5.74) is 4.18. The quantitative estimate of drug-likeness (QED) is 0.380. The van der Waals surface area contributed by atoms with Crippen molar-refractivity contribution in [2.24, 2.45) is 0 Å². The summed E-state index contributed by atoms with van der Waals surface area (Å²) in [7, 11) is 0. The normalized spacial score (nSPS) is 11.0. The molecule has 0 fully saturated rings. The molecule has 4 nitrogen and oxygen atoms in total. The Morgan fingerprint density at radius 3 is 2.59 bits per heavy atom. The number of aromatic nitrogens is 2. The summed E-state index contributed by atoms with van der Waals surface area (Å²) >= 11 is 3.09. The van der Waals surface area contributed by atoms with E-state index in [1.54, 1.807) is 22.4 Å².